The van der Waals surface area contributed by atoms with E-state index in [-0.39, 0.29) is 11.0 Å². The van der Waals surface area contributed by atoms with Gasteiger partial charge in [-0.1, -0.05) is 0 Å². The maximum Gasteiger partial charge on any atom is 0.433 e. The van der Waals surface area contributed by atoms with Gasteiger partial charge >= 0.3 is 12.3 Å². The Bertz CT molecular complexity index is 622. The number of anilines is 1. The molecule has 0 aliphatic carbocycles. The van der Waals surface area contributed by atoms with Crippen molar-refractivity contribution in [1.82, 2.24) is 9.55 Å². The number of carbonyl (C=O) groups excluding carboxylic acids is 2. The lowest BCUT2D eigenvalue weighted by Gasteiger charge is -2.13. The highest BCUT2D eigenvalue weighted by atomic mass is 19.4. The van der Waals surface area contributed by atoms with Gasteiger partial charge in [0, 0.05) is 6.07 Å². The zero-order chi connectivity index (χ0) is 14.4. The summed E-state index contributed by atoms with van der Waals surface area (Å²) in [5.74, 6) is -1.59. The smallest absolute Gasteiger partial charge is 0.433 e. The summed E-state index contributed by atoms with van der Waals surface area (Å²) in [7, 11) is 0.948. The molecular formula is C9H6F3N3O4. The van der Waals surface area contributed by atoms with Gasteiger partial charge in [0.15, 0.2) is 5.69 Å². The van der Waals surface area contributed by atoms with Crippen molar-refractivity contribution in [3.63, 3.8) is 0 Å². The molecule has 0 fully saturated rings. The number of imide groups is 1. The zero-order valence-electron chi connectivity index (χ0n) is 9.39. The first-order valence-electron chi connectivity index (χ1n) is 4.85. The molecule has 102 valence electrons. The fourth-order valence-corrected chi connectivity index (χ4v) is 1.55. The number of ether oxygens (including phenoxy) is 1. The van der Waals surface area contributed by atoms with E-state index in [1.807, 2.05) is 0 Å². The molecule has 0 saturated carbocycles. The van der Waals surface area contributed by atoms with Crippen LogP contribution in [0.5, 0.6) is 0 Å². The van der Waals surface area contributed by atoms with Crippen LogP contribution in [-0.2, 0) is 22.3 Å². The number of fused-ring (bicyclic) bond motifs is 1. The molecule has 1 aliphatic rings. The molecule has 19 heavy (non-hydrogen) atoms. The van der Waals surface area contributed by atoms with Crippen molar-refractivity contribution in [1.29, 1.82) is 0 Å². The molecule has 0 N–H and O–H groups in total. The maximum absolute atomic E-state index is 12.5. The molecule has 0 unspecified atom stereocenters. The second-order valence-electron chi connectivity index (χ2n) is 3.56. The summed E-state index contributed by atoms with van der Waals surface area (Å²) in [5, 5.41) is 0. The Morgan fingerprint density at radius 3 is 2.58 bits per heavy atom. The van der Waals surface area contributed by atoms with Gasteiger partial charge in [-0.2, -0.15) is 18.1 Å². The molecule has 2 amide bonds. The van der Waals surface area contributed by atoms with E-state index in [2.05, 4.69) is 9.72 Å². The first kappa shape index (κ1) is 13.1. The number of aromatic nitrogens is 2. The van der Waals surface area contributed by atoms with Gasteiger partial charge in [0.2, 0.25) is 5.95 Å². The van der Waals surface area contributed by atoms with Gasteiger partial charge in [-0.3, -0.25) is 14.2 Å². The molecule has 0 saturated heterocycles. The van der Waals surface area contributed by atoms with Crippen molar-refractivity contribution in [2.75, 3.05) is 12.0 Å². The molecule has 1 aromatic rings. The van der Waals surface area contributed by atoms with E-state index in [0.29, 0.717) is 4.57 Å². The van der Waals surface area contributed by atoms with Gasteiger partial charge in [-0.25, -0.2) is 9.78 Å². The van der Waals surface area contributed by atoms with E-state index < -0.39 is 41.9 Å². The van der Waals surface area contributed by atoms with Gasteiger partial charge in [0.25, 0.3) is 11.5 Å². The van der Waals surface area contributed by atoms with E-state index >= 15 is 0 Å². The van der Waals surface area contributed by atoms with Crippen LogP contribution in [0.1, 0.15) is 5.69 Å². The van der Waals surface area contributed by atoms with Crippen LogP contribution >= 0.6 is 0 Å². The average Bonchev–Trinajstić information content (AvgIpc) is 2.64. The molecule has 0 radical (unpaired) electrons. The molecule has 0 bridgehead atoms. The Balaban J connectivity index is 2.63. The van der Waals surface area contributed by atoms with Crippen LogP contribution in [0.15, 0.2) is 10.9 Å². The van der Waals surface area contributed by atoms with Gasteiger partial charge in [0.05, 0.1) is 7.11 Å². The molecule has 7 nitrogen and oxygen atoms in total. The highest BCUT2D eigenvalue weighted by Crippen LogP contribution is 2.29. The fraction of sp³-hybridized carbons (Fsp3) is 0.333. The first-order valence-corrected chi connectivity index (χ1v) is 4.85. The lowest BCUT2D eigenvalue weighted by atomic mass is 10.4. The van der Waals surface area contributed by atoms with Crippen LogP contribution in [0.25, 0.3) is 0 Å². The van der Waals surface area contributed by atoms with Gasteiger partial charge in [-0.05, 0) is 0 Å². The summed E-state index contributed by atoms with van der Waals surface area (Å²) >= 11 is 0. The molecular weight excluding hydrogens is 271 g/mol. The number of rotatable bonds is 0. The highest BCUT2D eigenvalue weighted by Gasteiger charge is 2.40. The Morgan fingerprint density at radius 1 is 1.42 bits per heavy atom. The number of carbonyl (C=O) groups is 2. The fourth-order valence-electron chi connectivity index (χ4n) is 1.55. The monoisotopic (exact) mass is 277 g/mol. The van der Waals surface area contributed by atoms with Gasteiger partial charge in [0.1, 0.15) is 6.54 Å². The predicted molar refractivity (Wildman–Crippen MR) is 53.4 cm³/mol. The lowest BCUT2D eigenvalue weighted by molar-refractivity contribution is -0.141. The van der Waals surface area contributed by atoms with E-state index in [1.165, 1.54) is 0 Å². The number of halogens is 3. The van der Waals surface area contributed by atoms with E-state index in [4.69, 9.17) is 0 Å². The van der Waals surface area contributed by atoms with Crippen molar-refractivity contribution >= 4 is 17.9 Å². The number of amides is 2. The second kappa shape index (κ2) is 4.07. The van der Waals surface area contributed by atoms with Crippen molar-refractivity contribution in [2.45, 2.75) is 12.7 Å². The minimum absolute atomic E-state index is 0.261. The Labute approximate surface area is 103 Å². The summed E-state index contributed by atoms with van der Waals surface area (Å²) in [4.78, 5) is 37.7. The Morgan fingerprint density at radius 2 is 2.05 bits per heavy atom. The van der Waals surface area contributed by atoms with Crippen molar-refractivity contribution in [2.24, 2.45) is 0 Å². The summed E-state index contributed by atoms with van der Waals surface area (Å²) in [6.45, 7) is -0.561. The van der Waals surface area contributed by atoms with E-state index in [0.717, 1.165) is 7.11 Å². The SMILES string of the molecule is COC(=O)N1C(=O)Cn2c1nc(C(F)(F)F)cc2=O. The predicted octanol–water partition coefficient (Wildman–Crippen LogP) is 0.375. The second-order valence-corrected chi connectivity index (χ2v) is 3.56. The summed E-state index contributed by atoms with van der Waals surface area (Å²) in [5.41, 5.74) is -2.55. The Hall–Kier alpha value is -2.39. The minimum Gasteiger partial charge on any atom is -0.452 e. The van der Waals surface area contributed by atoms with Gasteiger partial charge in [-0.15, -0.1) is 0 Å². The van der Waals surface area contributed by atoms with Crippen LogP contribution in [0.3, 0.4) is 0 Å². The number of nitrogens with zero attached hydrogens (tertiary/aromatic N) is 3. The van der Waals surface area contributed by atoms with Crippen LogP contribution < -0.4 is 10.5 Å². The van der Waals surface area contributed by atoms with Crippen LogP contribution in [-0.4, -0.2) is 28.7 Å². The molecule has 2 rings (SSSR count). The van der Waals surface area contributed by atoms with E-state index in [1.54, 1.807) is 0 Å². The van der Waals surface area contributed by atoms with E-state index in [9.17, 15) is 27.6 Å². The average molecular weight is 277 g/mol. The number of hydrogen-bond donors (Lipinski definition) is 0. The molecule has 0 aromatic carbocycles. The number of methoxy groups -OCH3 is 1. The third-order valence-corrected chi connectivity index (χ3v) is 2.38. The maximum atomic E-state index is 12.5. The summed E-state index contributed by atoms with van der Waals surface area (Å²) < 4.78 is 42.5. The Kier molecular flexibility index (Phi) is 2.80. The summed E-state index contributed by atoms with van der Waals surface area (Å²) in [6, 6.07) is 0.261. The first-order chi connectivity index (χ1) is 8.75. The lowest BCUT2D eigenvalue weighted by Crippen LogP contribution is -2.34. The largest absolute Gasteiger partial charge is 0.452 e. The normalized spacial score (nSPS) is 14.5. The minimum atomic E-state index is -4.86. The third kappa shape index (κ3) is 2.04. The molecule has 0 spiro atoms. The van der Waals surface area contributed by atoms with Gasteiger partial charge < -0.3 is 4.74 Å². The standard InChI is InChI=1S/C9H6F3N3O4/c1-19-8(18)15-6(17)3-14-5(16)2-4(9(10,11)12)13-7(14)15/h2H,3H2,1H3. The van der Waals surface area contributed by atoms with Crippen molar-refractivity contribution in [3.8, 4) is 0 Å². The summed E-state index contributed by atoms with van der Waals surface area (Å²) in [6.07, 6.45) is -6.06. The van der Waals surface area contributed by atoms with Crippen LogP contribution in [0.2, 0.25) is 0 Å². The quantitative estimate of drug-likeness (QED) is 0.684. The molecule has 10 heteroatoms. The number of hydrogen-bond acceptors (Lipinski definition) is 5. The molecule has 0 atom stereocenters. The molecule has 2 heterocycles. The van der Waals surface area contributed by atoms with Crippen LogP contribution in [0.4, 0.5) is 23.9 Å². The van der Waals surface area contributed by atoms with Crippen molar-refractivity contribution in [3.05, 3.63) is 22.1 Å². The highest BCUT2D eigenvalue weighted by molar-refractivity contribution is 6.13. The zero-order valence-corrected chi connectivity index (χ0v) is 9.39. The molecule has 1 aromatic heterocycles. The van der Waals surface area contributed by atoms with Crippen LogP contribution in [0, 0.1) is 0 Å². The van der Waals surface area contributed by atoms with Crippen molar-refractivity contribution < 1.29 is 27.5 Å². The third-order valence-electron chi connectivity index (χ3n) is 2.38. The number of alkyl halides is 3. The molecule has 1 aliphatic heterocycles. The topological polar surface area (TPSA) is 81.5 Å².